The van der Waals surface area contributed by atoms with Crippen LogP contribution < -0.4 is 10.1 Å². The van der Waals surface area contributed by atoms with Gasteiger partial charge in [-0.3, -0.25) is 0 Å². The Hall–Kier alpha value is -2.73. The SMILES string of the molecule is CCOC(=O)OC1=C(C)Nc2ccnc(OC(C)C)c2C1c1ccccc1Cl. The number of hydrogen-bond acceptors (Lipinski definition) is 6. The van der Waals surface area contributed by atoms with Crippen molar-refractivity contribution in [2.75, 3.05) is 11.9 Å². The molecule has 1 atom stereocenters. The summed E-state index contributed by atoms with van der Waals surface area (Å²) in [6.07, 6.45) is 0.833. The van der Waals surface area contributed by atoms with Gasteiger partial charge in [-0.2, -0.15) is 0 Å². The number of benzene rings is 1. The number of anilines is 1. The fourth-order valence-corrected chi connectivity index (χ4v) is 3.39. The van der Waals surface area contributed by atoms with E-state index in [1.165, 1.54) is 0 Å². The molecule has 7 heteroatoms. The van der Waals surface area contributed by atoms with Gasteiger partial charge in [0, 0.05) is 16.9 Å². The number of nitrogens with zero attached hydrogens (tertiary/aromatic N) is 1. The molecule has 6 nitrogen and oxygen atoms in total. The van der Waals surface area contributed by atoms with E-state index < -0.39 is 12.1 Å². The Morgan fingerprint density at radius 3 is 2.71 bits per heavy atom. The molecule has 28 heavy (non-hydrogen) atoms. The highest BCUT2D eigenvalue weighted by Gasteiger charge is 2.36. The van der Waals surface area contributed by atoms with Crippen LogP contribution in [-0.2, 0) is 9.47 Å². The van der Waals surface area contributed by atoms with Crippen molar-refractivity contribution in [1.29, 1.82) is 0 Å². The van der Waals surface area contributed by atoms with Crippen molar-refractivity contribution in [1.82, 2.24) is 4.98 Å². The predicted octanol–water partition coefficient (Wildman–Crippen LogP) is 5.48. The number of pyridine rings is 1. The topological polar surface area (TPSA) is 69.7 Å². The maximum atomic E-state index is 12.1. The Kier molecular flexibility index (Phi) is 6.09. The molecule has 0 fully saturated rings. The lowest BCUT2D eigenvalue weighted by Gasteiger charge is -2.31. The molecule has 0 spiro atoms. The summed E-state index contributed by atoms with van der Waals surface area (Å²) >= 11 is 6.52. The summed E-state index contributed by atoms with van der Waals surface area (Å²) in [6.45, 7) is 7.64. The van der Waals surface area contributed by atoms with E-state index in [1.807, 2.05) is 45.0 Å². The standard InChI is InChI=1S/C21H23ClN2O4/c1-5-26-21(25)28-19-13(4)24-16-10-11-23-20(27-12(2)3)18(16)17(19)14-8-6-7-9-15(14)22/h6-12,17,24H,5H2,1-4H3. The van der Waals surface area contributed by atoms with Crippen LogP contribution in [0.25, 0.3) is 0 Å². The first-order valence-corrected chi connectivity index (χ1v) is 9.52. The molecule has 0 bridgehead atoms. The number of halogens is 1. The number of fused-ring (bicyclic) bond motifs is 1. The minimum atomic E-state index is -0.769. The van der Waals surface area contributed by atoms with E-state index in [0.717, 1.165) is 16.8 Å². The van der Waals surface area contributed by atoms with E-state index in [4.69, 9.17) is 25.8 Å². The molecule has 1 aliphatic rings. The summed E-state index contributed by atoms with van der Waals surface area (Å²) in [7, 11) is 0. The third kappa shape index (κ3) is 4.07. The first-order valence-electron chi connectivity index (χ1n) is 9.14. The number of carbonyl (C=O) groups excluding carboxylic acids is 1. The quantitative estimate of drug-likeness (QED) is 0.667. The Morgan fingerprint density at radius 1 is 1.29 bits per heavy atom. The summed E-state index contributed by atoms with van der Waals surface area (Å²) in [5, 5.41) is 3.83. The van der Waals surface area contributed by atoms with Crippen LogP contribution in [0.15, 0.2) is 48.0 Å². The average Bonchev–Trinajstić information content (AvgIpc) is 2.63. The Labute approximate surface area is 169 Å². The van der Waals surface area contributed by atoms with Gasteiger partial charge in [-0.05, 0) is 45.4 Å². The van der Waals surface area contributed by atoms with Gasteiger partial charge in [-0.25, -0.2) is 9.78 Å². The van der Waals surface area contributed by atoms with Crippen molar-refractivity contribution in [2.24, 2.45) is 0 Å². The summed E-state index contributed by atoms with van der Waals surface area (Å²) in [4.78, 5) is 16.5. The molecule has 0 saturated carbocycles. The number of ether oxygens (including phenoxy) is 3. The second kappa shape index (κ2) is 8.52. The van der Waals surface area contributed by atoms with Crippen molar-refractivity contribution in [3.63, 3.8) is 0 Å². The normalized spacial score (nSPS) is 15.7. The second-order valence-electron chi connectivity index (χ2n) is 6.60. The zero-order valence-corrected chi connectivity index (χ0v) is 17.0. The molecule has 0 amide bonds. The molecule has 0 radical (unpaired) electrons. The maximum absolute atomic E-state index is 12.1. The van der Waals surface area contributed by atoms with Gasteiger partial charge in [-0.15, -0.1) is 0 Å². The summed E-state index contributed by atoms with van der Waals surface area (Å²) in [5.74, 6) is 0.389. The lowest BCUT2D eigenvalue weighted by molar-refractivity contribution is 0.0775. The highest BCUT2D eigenvalue weighted by atomic mass is 35.5. The summed E-state index contributed by atoms with van der Waals surface area (Å²) in [5.41, 5.74) is 3.05. The van der Waals surface area contributed by atoms with Crippen LogP contribution in [0.4, 0.5) is 10.5 Å². The molecule has 0 saturated heterocycles. The molecule has 1 unspecified atom stereocenters. The Morgan fingerprint density at radius 2 is 2.04 bits per heavy atom. The Balaban J connectivity index is 2.19. The van der Waals surface area contributed by atoms with Gasteiger partial charge < -0.3 is 19.5 Å². The number of carbonyl (C=O) groups is 1. The van der Waals surface area contributed by atoms with E-state index in [0.29, 0.717) is 22.4 Å². The number of nitrogens with one attached hydrogen (secondary N) is 1. The zero-order valence-electron chi connectivity index (χ0n) is 16.3. The smallest absolute Gasteiger partial charge is 0.475 e. The molecular weight excluding hydrogens is 380 g/mol. The number of hydrogen-bond donors (Lipinski definition) is 1. The van der Waals surface area contributed by atoms with Gasteiger partial charge in [0.25, 0.3) is 0 Å². The summed E-state index contributed by atoms with van der Waals surface area (Å²) in [6, 6.07) is 9.30. The predicted molar refractivity (Wildman–Crippen MR) is 108 cm³/mol. The van der Waals surface area contributed by atoms with Gasteiger partial charge in [-0.1, -0.05) is 29.8 Å². The van der Waals surface area contributed by atoms with E-state index in [1.54, 1.807) is 19.2 Å². The van der Waals surface area contributed by atoms with Crippen LogP contribution >= 0.6 is 11.6 Å². The fraction of sp³-hybridized carbons (Fsp3) is 0.333. The van der Waals surface area contributed by atoms with Gasteiger partial charge in [0.2, 0.25) is 5.88 Å². The highest BCUT2D eigenvalue weighted by Crippen LogP contribution is 2.47. The molecule has 1 N–H and O–H groups in total. The van der Waals surface area contributed by atoms with Crippen molar-refractivity contribution in [3.8, 4) is 5.88 Å². The largest absolute Gasteiger partial charge is 0.513 e. The van der Waals surface area contributed by atoms with E-state index in [2.05, 4.69) is 10.3 Å². The third-order valence-corrected chi connectivity index (χ3v) is 4.56. The molecule has 1 aromatic carbocycles. The van der Waals surface area contributed by atoms with Crippen molar-refractivity contribution in [3.05, 3.63) is 64.1 Å². The van der Waals surface area contributed by atoms with Crippen molar-refractivity contribution < 1.29 is 19.0 Å². The van der Waals surface area contributed by atoms with Crippen LogP contribution in [0.3, 0.4) is 0 Å². The van der Waals surface area contributed by atoms with Crippen LogP contribution in [0.5, 0.6) is 5.88 Å². The third-order valence-electron chi connectivity index (χ3n) is 4.22. The van der Waals surface area contributed by atoms with Crippen LogP contribution in [0, 0.1) is 0 Å². The van der Waals surface area contributed by atoms with Crippen molar-refractivity contribution >= 4 is 23.4 Å². The van der Waals surface area contributed by atoms with Gasteiger partial charge >= 0.3 is 6.16 Å². The molecular formula is C21H23ClN2O4. The molecule has 1 aliphatic heterocycles. The molecule has 2 heterocycles. The second-order valence-corrected chi connectivity index (χ2v) is 7.00. The van der Waals surface area contributed by atoms with Gasteiger partial charge in [0.1, 0.15) is 5.76 Å². The molecule has 1 aromatic heterocycles. The highest BCUT2D eigenvalue weighted by molar-refractivity contribution is 6.31. The average molecular weight is 403 g/mol. The lowest BCUT2D eigenvalue weighted by Crippen LogP contribution is -2.24. The maximum Gasteiger partial charge on any atom is 0.513 e. The van der Waals surface area contributed by atoms with Crippen LogP contribution in [-0.4, -0.2) is 23.9 Å². The minimum absolute atomic E-state index is 0.0766. The van der Waals surface area contributed by atoms with E-state index >= 15 is 0 Å². The zero-order chi connectivity index (χ0) is 20.3. The van der Waals surface area contributed by atoms with E-state index in [-0.39, 0.29) is 12.7 Å². The molecule has 148 valence electrons. The molecule has 0 aliphatic carbocycles. The fourth-order valence-electron chi connectivity index (χ4n) is 3.15. The van der Waals surface area contributed by atoms with Gasteiger partial charge in [0.15, 0.2) is 0 Å². The van der Waals surface area contributed by atoms with Crippen LogP contribution in [0.1, 0.15) is 44.7 Å². The van der Waals surface area contributed by atoms with Gasteiger partial charge in [0.05, 0.1) is 29.9 Å². The van der Waals surface area contributed by atoms with E-state index in [9.17, 15) is 4.79 Å². The minimum Gasteiger partial charge on any atom is -0.475 e. The lowest BCUT2D eigenvalue weighted by atomic mass is 9.86. The number of aromatic nitrogens is 1. The summed E-state index contributed by atoms with van der Waals surface area (Å²) < 4.78 is 16.5. The number of allylic oxidation sites excluding steroid dienone is 2. The monoisotopic (exact) mass is 402 g/mol. The molecule has 2 aromatic rings. The van der Waals surface area contributed by atoms with Crippen molar-refractivity contribution in [2.45, 2.75) is 39.7 Å². The van der Waals surface area contributed by atoms with Crippen LogP contribution in [0.2, 0.25) is 5.02 Å². The first-order chi connectivity index (χ1) is 13.4. The first kappa shape index (κ1) is 20.0. The number of rotatable bonds is 5. The Bertz CT molecular complexity index is 911. The molecule has 3 rings (SSSR count).